The number of hydrogen-bond donors (Lipinski definition) is 2. The zero-order valence-corrected chi connectivity index (χ0v) is 11.8. The molecule has 1 aromatic rings. The van der Waals surface area contributed by atoms with Gasteiger partial charge in [0.05, 0.1) is 19.8 Å². The van der Waals surface area contributed by atoms with Crippen molar-refractivity contribution in [2.75, 3.05) is 33.5 Å². The number of aryl methyl sites for hydroxylation is 1. The highest BCUT2D eigenvalue weighted by molar-refractivity contribution is 7.91. The number of ether oxygens (including phenoxy) is 2. The van der Waals surface area contributed by atoms with Crippen LogP contribution in [0.15, 0.2) is 9.00 Å². The summed E-state index contributed by atoms with van der Waals surface area (Å²) in [5, 5.41) is 0. The van der Waals surface area contributed by atoms with Crippen LogP contribution in [0.1, 0.15) is 5.69 Å². The van der Waals surface area contributed by atoms with Crippen molar-refractivity contribution in [3.05, 3.63) is 15.4 Å². The maximum Gasteiger partial charge on any atom is 0.305 e. The molecule has 104 valence electrons. The quantitative estimate of drug-likeness (QED) is 0.641. The molecule has 0 amide bonds. The topological polar surface area (TPSA) is 97.5 Å². The number of sulfonamides is 1. The van der Waals surface area contributed by atoms with Crippen molar-refractivity contribution in [3.63, 3.8) is 0 Å². The highest BCUT2D eigenvalue weighted by atomic mass is 32.2. The normalized spacial score (nSPS) is 11.9. The lowest BCUT2D eigenvalue weighted by atomic mass is 10.6. The first-order valence-electron chi connectivity index (χ1n) is 5.23. The Kier molecular flexibility index (Phi) is 5.96. The summed E-state index contributed by atoms with van der Waals surface area (Å²) >= 11 is 0.671. The molecule has 0 atom stereocenters. The molecule has 1 rings (SSSR count). The predicted octanol–water partition coefficient (Wildman–Crippen LogP) is -0.314. The molecule has 0 aliphatic rings. The van der Waals surface area contributed by atoms with Crippen LogP contribution < -0.4 is 9.60 Å². The van der Waals surface area contributed by atoms with Crippen molar-refractivity contribution in [3.8, 4) is 0 Å². The SMILES string of the molecule is COCCOCCNS(=O)(=O)c1sc(=O)[nH]c1C. The summed E-state index contributed by atoms with van der Waals surface area (Å²) in [4.78, 5) is 13.1. The number of H-pyrrole nitrogens is 1. The molecule has 0 fully saturated rings. The summed E-state index contributed by atoms with van der Waals surface area (Å²) in [6.07, 6.45) is 0. The largest absolute Gasteiger partial charge is 0.382 e. The van der Waals surface area contributed by atoms with Crippen molar-refractivity contribution < 1.29 is 17.9 Å². The minimum Gasteiger partial charge on any atom is -0.382 e. The summed E-state index contributed by atoms with van der Waals surface area (Å²) in [6, 6.07) is 0. The third-order valence-corrected chi connectivity index (χ3v) is 5.06. The van der Waals surface area contributed by atoms with Gasteiger partial charge in [-0.1, -0.05) is 11.3 Å². The van der Waals surface area contributed by atoms with Gasteiger partial charge in [0, 0.05) is 19.3 Å². The van der Waals surface area contributed by atoms with Gasteiger partial charge in [-0.15, -0.1) is 0 Å². The summed E-state index contributed by atoms with van der Waals surface area (Å²) in [7, 11) is -2.08. The van der Waals surface area contributed by atoms with Crippen LogP contribution in [0.3, 0.4) is 0 Å². The van der Waals surface area contributed by atoms with Crippen LogP contribution in [0, 0.1) is 6.92 Å². The maximum absolute atomic E-state index is 11.8. The monoisotopic (exact) mass is 296 g/mol. The summed E-state index contributed by atoms with van der Waals surface area (Å²) in [5.41, 5.74) is 0.345. The van der Waals surface area contributed by atoms with E-state index in [2.05, 4.69) is 9.71 Å². The molecule has 0 unspecified atom stereocenters. The number of thiazole rings is 1. The minimum atomic E-state index is -3.64. The standard InChI is InChI=1S/C9H16N2O5S2/c1-7-8(17-9(12)11-7)18(13,14)10-3-4-16-6-5-15-2/h10H,3-6H2,1-2H3,(H,11,12). The van der Waals surface area contributed by atoms with E-state index in [9.17, 15) is 13.2 Å². The van der Waals surface area contributed by atoms with Crippen LogP contribution in [0.25, 0.3) is 0 Å². The van der Waals surface area contributed by atoms with E-state index >= 15 is 0 Å². The van der Waals surface area contributed by atoms with Gasteiger partial charge >= 0.3 is 4.87 Å². The molecule has 0 saturated heterocycles. The molecule has 0 spiro atoms. The number of aromatic amines is 1. The highest BCUT2D eigenvalue weighted by Gasteiger charge is 2.19. The fraction of sp³-hybridized carbons (Fsp3) is 0.667. The maximum atomic E-state index is 11.8. The third-order valence-electron chi connectivity index (χ3n) is 2.00. The van der Waals surface area contributed by atoms with Gasteiger partial charge in [-0.05, 0) is 6.92 Å². The van der Waals surface area contributed by atoms with Gasteiger partial charge in [0.15, 0.2) is 4.21 Å². The Morgan fingerprint density at radius 2 is 2.06 bits per heavy atom. The van der Waals surface area contributed by atoms with Crippen molar-refractivity contribution in [2.45, 2.75) is 11.1 Å². The molecule has 7 nitrogen and oxygen atoms in total. The predicted molar refractivity (Wildman–Crippen MR) is 67.6 cm³/mol. The van der Waals surface area contributed by atoms with Gasteiger partial charge < -0.3 is 14.5 Å². The molecule has 9 heteroatoms. The number of methoxy groups -OCH3 is 1. The van der Waals surface area contributed by atoms with Gasteiger partial charge in [-0.3, -0.25) is 4.79 Å². The van der Waals surface area contributed by atoms with E-state index < -0.39 is 10.0 Å². The fourth-order valence-electron chi connectivity index (χ4n) is 1.20. The molecule has 1 heterocycles. The Balaban J connectivity index is 2.46. The van der Waals surface area contributed by atoms with E-state index in [4.69, 9.17) is 9.47 Å². The Morgan fingerprint density at radius 1 is 1.33 bits per heavy atom. The second-order valence-electron chi connectivity index (χ2n) is 3.43. The van der Waals surface area contributed by atoms with Gasteiger partial charge in [0.1, 0.15) is 0 Å². The number of hydrogen-bond acceptors (Lipinski definition) is 6. The Bertz CT molecular complexity index is 519. The molecule has 0 saturated carbocycles. The number of aromatic nitrogens is 1. The van der Waals surface area contributed by atoms with Crippen molar-refractivity contribution in [1.29, 1.82) is 0 Å². The average Bonchev–Trinajstić information content (AvgIpc) is 2.63. The van der Waals surface area contributed by atoms with E-state index in [1.54, 1.807) is 14.0 Å². The molecule has 0 aromatic carbocycles. The van der Waals surface area contributed by atoms with Crippen LogP contribution in [0.4, 0.5) is 0 Å². The molecule has 0 aliphatic carbocycles. The molecule has 1 aromatic heterocycles. The van der Waals surface area contributed by atoms with E-state index in [0.717, 1.165) is 0 Å². The second-order valence-corrected chi connectivity index (χ2v) is 6.38. The van der Waals surface area contributed by atoms with Crippen LogP contribution in [0.5, 0.6) is 0 Å². The highest BCUT2D eigenvalue weighted by Crippen LogP contribution is 2.14. The zero-order valence-electron chi connectivity index (χ0n) is 10.2. The van der Waals surface area contributed by atoms with E-state index in [0.29, 0.717) is 30.2 Å². The summed E-state index contributed by atoms with van der Waals surface area (Å²) in [5.74, 6) is 0. The molecular formula is C9H16N2O5S2. The minimum absolute atomic E-state index is 0.0180. The Labute approximate surface area is 109 Å². The fourth-order valence-corrected chi connectivity index (χ4v) is 3.56. The van der Waals surface area contributed by atoms with E-state index in [1.807, 2.05) is 0 Å². The van der Waals surface area contributed by atoms with Crippen molar-refractivity contribution >= 4 is 21.4 Å². The lowest BCUT2D eigenvalue weighted by molar-refractivity contribution is 0.0736. The van der Waals surface area contributed by atoms with Crippen LogP contribution in [-0.4, -0.2) is 46.9 Å². The van der Waals surface area contributed by atoms with Crippen LogP contribution in [0.2, 0.25) is 0 Å². The first-order chi connectivity index (χ1) is 8.47. The second kappa shape index (κ2) is 7.00. The van der Waals surface area contributed by atoms with Gasteiger partial charge in [0.25, 0.3) is 10.0 Å². The summed E-state index contributed by atoms with van der Waals surface area (Å²) < 4.78 is 35.9. The third kappa shape index (κ3) is 4.50. The van der Waals surface area contributed by atoms with Crippen molar-refractivity contribution in [1.82, 2.24) is 9.71 Å². The molecule has 2 N–H and O–H groups in total. The van der Waals surface area contributed by atoms with E-state index in [1.165, 1.54) is 0 Å². The molecular weight excluding hydrogens is 280 g/mol. The molecule has 18 heavy (non-hydrogen) atoms. The molecule has 0 bridgehead atoms. The first-order valence-corrected chi connectivity index (χ1v) is 7.53. The lowest BCUT2D eigenvalue weighted by Crippen LogP contribution is -2.27. The zero-order chi connectivity index (χ0) is 13.6. The van der Waals surface area contributed by atoms with Gasteiger partial charge in [-0.25, -0.2) is 13.1 Å². The van der Waals surface area contributed by atoms with Gasteiger partial charge in [-0.2, -0.15) is 0 Å². The Hall–Kier alpha value is -0.740. The van der Waals surface area contributed by atoms with Crippen LogP contribution >= 0.6 is 11.3 Å². The number of nitrogens with one attached hydrogen (secondary N) is 2. The smallest absolute Gasteiger partial charge is 0.305 e. The average molecular weight is 296 g/mol. The Morgan fingerprint density at radius 3 is 2.61 bits per heavy atom. The first kappa shape index (κ1) is 15.3. The molecule has 0 radical (unpaired) electrons. The molecule has 0 aliphatic heterocycles. The van der Waals surface area contributed by atoms with Crippen LogP contribution in [-0.2, 0) is 19.5 Å². The summed E-state index contributed by atoms with van der Waals surface area (Å²) in [6.45, 7) is 2.82. The van der Waals surface area contributed by atoms with Gasteiger partial charge in [0.2, 0.25) is 0 Å². The van der Waals surface area contributed by atoms with E-state index in [-0.39, 0.29) is 22.2 Å². The van der Waals surface area contributed by atoms with Crippen molar-refractivity contribution in [2.24, 2.45) is 0 Å². The number of rotatable bonds is 8. The lowest BCUT2D eigenvalue weighted by Gasteiger charge is -2.06.